The molecule has 0 unspecified atom stereocenters. The van der Waals surface area contributed by atoms with Gasteiger partial charge < -0.3 is 9.30 Å². The Balaban J connectivity index is 1.65. The van der Waals surface area contributed by atoms with Crippen molar-refractivity contribution in [3.63, 3.8) is 0 Å². The molecule has 0 aliphatic heterocycles. The third kappa shape index (κ3) is 4.65. The Morgan fingerprint density at radius 3 is 2.53 bits per heavy atom. The topological polar surface area (TPSA) is 52.8 Å². The molecule has 0 N–H and O–H groups in total. The number of rotatable bonds is 7. The number of aromatic nitrogens is 4. The molecule has 0 aliphatic carbocycles. The summed E-state index contributed by atoms with van der Waals surface area (Å²) in [7, 11) is 0. The van der Waals surface area contributed by atoms with Gasteiger partial charge in [0.1, 0.15) is 18.2 Å². The molecule has 0 fully saturated rings. The second-order valence-electron chi connectivity index (χ2n) is 7.69. The highest BCUT2D eigenvalue weighted by Gasteiger charge is 2.20. The monoisotopic (exact) mass is 450 g/mol. The van der Waals surface area contributed by atoms with Gasteiger partial charge in [-0.3, -0.25) is 4.98 Å². The maximum Gasteiger partial charge on any atom is 0.212 e. The lowest BCUT2D eigenvalue weighted by Crippen LogP contribution is -2.04. The Hall–Kier alpha value is -3.25. The number of aryl methyl sites for hydroxylation is 2. The van der Waals surface area contributed by atoms with Gasteiger partial charge in [0.2, 0.25) is 5.95 Å². The van der Waals surface area contributed by atoms with Crippen molar-refractivity contribution in [2.24, 2.45) is 0 Å². The van der Waals surface area contributed by atoms with Crippen molar-refractivity contribution in [3.8, 4) is 28.4 Å². The fourth-order valence-corrected chi connectivity index (χ4v) is 3.87. The molecule has 0 saturated carbocycles. The van der Waals surface area contributed by atoms with Crippen molar-refractivity contribution < 1.29 is 9.13 Å². The minimum atomic E-state index is -0.527. The molecule has 4 aromatic rings. The lowest BCUT2D eigenvalue weighted by atomic mass is 10.1. The van der Waals surface area contributed by atoms with E-state index in [0.717, 1.165) is 52.4 Å². The number of benzene rings is 1. The van der Waals surface area contributed by atoms with E-state index in [1.807, 2.05) is 50.4 Å². The Kier molecular flexibility index (Phi) is 6.51. The Morgan fingerprint density at radius 2 is 1.88 bits per heavy atom. The van der Waals surface area contributed by atoms with E-state index >= 15 is 0 Å². The summed E-state index contributed by atoms with van der Waals surface area (Å²) >= 11 is 6.60. The van der Waals surface area contributed by atoms with Crippen LogP contribution in [0, 0.1) is 19.8 Å². The Labute approximate surface area is 191 Å². The van der Waals surface area contributed by atoms with Gasteiger partial charge in [-0.05, 0) is 67.8 Å². The van der Waals surface area contributed by atoms with Crippen molar-refractivity contribution in [2.45, 2.75) is 40.3 Å². The Morgan fingerprint density at radius 1 is 1.03 bits per heavy atom. The first-order chi connectivity index (χ1) is 15.5. The van der Waals surface area contributed by atoms with E-state index in [9.17, 15) is 4.39 Å². The Bertz CT molecular complexity index is 1220. The molecule has 7 heteroatoms. The highest BCUT2D eigenvalue weighted by atomic mass is 35.5. The number of imidazole rings is 1. The smallest absolute Gasteiger partial charge is 0.212 e. The molecule has 5 nitrogen and oxygen atoms in total. The van der Waals surface area contributed by atoms with Crippen LogP contribution in [-0.2, 0) is 13.2 Å². The average Bonchev–Trinajstić information content (AvgIpc) is 3.10. The van der Waals surface area contributed by atoms with Gasteiger partial charge in [-0.2, -0.15) is 4.39 Å². The van der Waals surface area contributed by atoms with E-state index in [1.54, 1.807) is 6.07 Å². The predicted octanol–water partition coefficient (Wildman–Crippen LogP) is 6.41. The molecule has 32 heavy (non-hydrogen) atoms. The number of hydrogen-bond acceptors (Lipinski definition) is 4. The molecule has 0 spiro atoms. The molecular formula is C25H24ClFN4O. The van der Waals surface area contributed by atoms with E-state index in [0.29, 0.717) is 17.6 Å². The number of ether oxygens (including phenoxy) is 1. The van der Waals surface area contributed by atoms with Crippen LogP contribution < -0.4 is 4.74 Å². The van der Waals surface area contributed by atoms with Crippen LogP contribution in [0.3, 0.4) is 0 Å². The third-order valence-electron chi connectivity index (χ3n) is 5.17. The van der Waals surface area contributed by atoms with Gasteiger partial charge in [0.15, 0.2) is 5.15 Å². The molecule has 0 radical (unpaired) electrons. The van der Waals surface area contributed by atoms with E-state index in [1.165, 1.54) is 12.3 Å². The fraction of sp³-hybridized carbons (Fsp3) is 0.240. The van der Waals surface area contributed by atoms with Crippen LogP contribution in [0.1, 0.15) is 30.2 Å². The zero-order valence-corrected chi connectivity index (χ0v) is 19.0. The van der Waals surface area contributed by atoms with Crippen LogP contribution in [0.15, 0.2) is 54.9 Å². The molecule has 0 amide bonds. The highest BCUT2D eigenvalue weighted by molar-refractivity contribution is 6.32. The van der Waals surface area contributed by atoms with Gasteiger partial charge in [-0.1, -0.05) is 24.6 Å². The van der Waals surface area contributed by atoms with Crippen molar-refractivity contribution in [2.75, 3.05) is 0 Å². The summed E-state index contributed by atoms with van der Waals surface area (Å²) in [5.74, 6) is 0.903. The summed E-state index contributed by atoms with van der Waals surface area (Å²) in [6.07, 6.45) is 4.20. The number of nitrogens with zero attached hydrogens (tertiary/aromatic N) is 4. The van der Waals surface area contributed by atoms with Crippen LogP contribution in [0.2, 0.25) is 5.15 Å². The van der Waals surface area contributed by atoms with Crippen molar-refractivity contribution in [3.05, 3.63) is 82.8 Å². The summed E-state index contributed by atoms with van der Waals surface area (Å²) in [6.45, 7) is 7.23. The SMILES string of the molecule is CCCn1c(-c2ccc(F)nc2)nc(Cl)c1-c1ccc(OCc2ccc(C)cn2)cc1C. The number of halogens is 2. The number of hydrogen-bond donors (Lipinski definition) is 0. The van der Waals surface area contributed by atoms with E-state index in [-0.39, 0.29) is 0 Å². The summed E-state index contributed by atoms with van der Waals surface area (Å²) in [4.78, 5) is 12.7. The molecular weight excluding hydrogens is 427 g/mol. The number of pyridine rings is 2. The highest BCUT2D eigenvalue weighted by Crippen LogP contribution is 2.36. The van der Waals surface area contributed by atoms with Crippen LogP contribution in [-0.4, -0.2) is 19.5 Å². The van der Waals surface area contributed by atoms with Gasteiger partial charge >= 0.3 is 0 Å². The maximum atomic E-state index is 13.3. The van der Waals surface area contributed by atoms with E-state index < -0.39 is 5.95 Å². The molecule has 1 aromatic carbocycles. The molecule has 0 saturated heterocycles. The standard InChI is InChI=1S/C25H24ClFN4O/c1-4-11-31-23(24(26)30-25(31)18-6-10-22(27)29-14-18)21-9-8-20(12-17(21)3)32-15-19-7-5-16(2)13-28-19/h5-10,12-14H,4,11,15H2,1-3H3. The average molecular weight is 451 g/mol. The van der Waals surface area contributed by atoms with Gasteiger partial charge in [0, 0.05) is 30.1 Å². The quantitative estimate of drug-likeness (QED) is 0.305. The molecule has 4 rings (SSSR count). The first-order valence-electron chi connectivity index (χ1n) is 10.5. The van der Waals surface area contributed by atoms with Crippen molar-refractivity contribution in [1.29, 1.82) is 0 Å². The van der Waals surface area contributed by atoms with E-state index in [4.69, 9.17) is 16.3 Å². The molecule has 0 atom stereocenters. The summed E-state index contributed by atoms with van der Waals surface area (Å²) in [5.41, 5.74) is 5.53. The summed E-state index contributed by atoms with van der Waals surface area (Å²) < 4.78 is 21.3. The van der Waals surface area contributed by atoms with Crippen molar-refractivity contribution >= 4 is 11.6 Å². The summed E-state index contributed by atoms with van der Waals surface area (Å²) in [6, 6.07) is 12.9. The molecule has 3 heterocycles. The van der Waals surface area contributed by atoms with Gasteiger partial charge in [-0.25, -0.2) is 9.97 Å². The van der Waals surface area contributed by atoms with Gasteiger partial charge in [0.05, 0.1) is 11.4 Å². The largest absolute Gasteiger partial charge is 0.487 e. The summed E-state index contributed by atoms with van der Waals surface area (Å²) in [5, 5.41) is 0.401. The third-order valence-corrected chi connectivity index (χ3v) is 5.43. The molecule has 0 bridgehead atoms. The second-order valence-corrected chi connectivity index (χ2v) is 8.05. The zero-order chi connectivity index (χ0) is 22.7. The normalized spacial score (nSPS) is 11.0. The maximum absolute atomic E-state index is 13.3. The van der Waals surface area contributed by atoms with Gasteiger partial charge in [-0.15, -0.1) is 0 Å². The minimum absolute atomic E-state index is 0.398. The second kappa shape index (κ2) is 9.49. The first-order valence-corrected chi connectivity index (χ1v) is 10.9. The molecule has 0 aliphatic rings. The lowest BCUT2D eigenvalue weighted by Gasteiger charge is -2.14. The van der Waals surface area contributed by atoms with Crippen LogP contribution >= 0.6 is 11.6 Å². The van der Waals surface area contributed by atoms with Crippen molar-refractivity contribution in [1.82, 2.24) is 19.5 Å². The zero-order valence-electron chi connectivity index (χ0n) is 18.3. The lowest BCUT2D eigenvalue weighted by molar-refractivity contribution is 0.301. The fourth-order valence-electron chi connectivity index (χ4n) is 3.58. The predicted molar refractivity (Wildman–Crippen MR) is 124 cm³/mol. The van der Waals surface area contributed by atoms with Gasteiger partial charge in [0.25, 0.3) is 0 Å². The molecule has 3 aromatic heterocycles. The van der Waals surface area contributed by atoms with Crippen LogP contribution in [0.5, 0.6) is 5.75 Å². The minimum Gasteiger partial charge on any atom is -0.487 e. The first kappa shape index (κ1) is 22.0. The van der Waals surface area contributed by atoms with Crippen LogP contribution in [0.4, 0.5) is 4.39 Å². The van der Waals surface area contributed by atoms with Crippen LogP contribution in [0.25, 0.3) is 22.6 Å². The van der Waals surface area contributed by atoms with E-state index in [2.05, 4.69) is 26.4 Å². The molecule has 164 valence electrons.